The molecule has 31 heavy (non-hydrogen) atoms. The molecular weight excluding hydrogens is 416 g/mol. The number of aryl methyl sites for hydroxylation is 1. The van der Waals surface area contributed by atoms with E-state index in [-0.39, 0.29) is 30.1 Å². The second kappa shape index (κ2) is 9.06. The zero-order chi connectivity index (χ0) is 22.0. The maximum atomic E-state index is 13.1. The number of aromatic nitrogens is 1. The quantitative estimate of drug-likeness (QED) is 0.790. The predicted molar refractivity (Wildman–Crippen MR) is 119 cm³/mol. The predicted octanol–water partition coefficient (Wildman–Crippen LogP) is 3.27. The third-order valence-corrected chi connectivity index (χ3v) is 6.10. The number of likely N-dealkylation sites (tertiary alicyclic amines) is 1. The molecule has 7 nitrogen and oxygen atoms in total. The number of piperidine rings is 1. The van der Waals surface area contributed by atoms with Crippen LogP contribution in [-0.2, 0) is 14.4 Å². The number of hydrogen-bond donors (Lipinski definition) is 1. The first kappa shape index (κ1) is 21.3. The van der Waals surface area contributed by atoms with Crippen LogP contribution in [0.15, 0.2) is 42.6 Å². The van der Waals surface area contributed by atoms with Crippen molar-refractivity contribution in [1.29, 1.82) is 0 Å². The van der Waals surface area contributed by atoms with Crippen LogP contribution in [0.3, 0.4) is 0 Å². The molecule has 4 rings (SSSR count). The number of pyridine rings is 1. The van der Waals surface area contributed by atoms with E-state index in [0.717, 1.165) is 18.4 Å². The fourth-order valence-electron chi connectivity index (χ4n) is 4.19. The number of benzene rings is 1. The molecular formula is C23H25ClN4O3. The minimum absolute atomic E-state index is 0.0659. The number of carbonyl (C=O) groups is 3. The maximum absolute atomic E-state index is 13.1. The van der Waals surface area contributed by atoms with Gasteiger partial charge in [0.05, 0.1) is 11.8 Å². The van der Waals surface area contributed by atoms with Crippen LogP contribution in [0.25, 0.3) is 0 Å². The molecule has 1 aromatic carbocycles. The molecule has 0 spiro atoms. The van der Waals surface area contributed by atoms with Gasteiger partial charge in [-0.15, -0.1) is 0 Å². The van der Waals surface area contributed by atoms with Gasteiger partial charge >= 0.3 is 0 Å². The summed E-state index contributed by atoms with van der Waals surface area (Å²) in [4.78, 5) is 45.9. The van der Waals surface area contributed by atoms with Gasteiger partial charge in [0.2, 0.25) is 17.7 Å². The number of halogens is 1. The summed E-state index contributed by atoms with van der Waals surface area (Å²) in [5.41, 5.74) is 1.72. The Hall–Kier alpha value is -2.93. The molecule has 2 atom stereocenters. The molecule has 3 heterocycles. The highest BCUT2D eigenvalue weighted by Gasteiger charge is 2.39. The van der Waals surface area contributed by atoms with E-state index in [4.69, 9.17) is 11.6 Å². The lowest BCUT2D eigenvalue weighted by Crippen LogP contribution is -2.46. The Morgan fingerprint density at radius 3 is 2.74 bits per heavy atom. The fourth-order valence-corrected chi connectivity index (χ4v) is 4.37. The Balaban J connectivity index is 1.38. The summed E-state index contributed by atoms with van der Waals surface area (Å²) in [6.45, 7) is 3.23. The van der Waals surface area contributed by atoms with E-state index in [9.17, 15) is 14.4 Å². The molecule has 0 bridgehead atoms. The lowest BCUT2D eigenvalue weighted by molar-refractivity contribution is -0.138. The molecule has 2 aliphatic heterocycles. The Morgan fingerprint density at radius 2 is 2.00 bits per heavy atom. The van der Waals surface area contributed by atoms with E-state index in [1.165, 1.54) is 0 Å². The van der Waals surface area contributed by atoms with Gasteiger partial charge in [0.1, 0.15) is 5.82 Å². The van der Waals surface area contributed by atoms with Gasteiger partial charge in [0, 0.05) is 43.0 Å². The number of anilines is 2. The second-order valence-electron chi connectivity index (χ2n) is 8.22. The molecule has 2 unspecified atom stereocenters. The molecule has 2 fully saturated rings. The molecule has 2 aromatic rings. The van der Waals surface area contributed by atoms with Crippen molar-refractivity contribution in [1.82, 2.24) is 9.88 Å². The highest BCUT2D eigenvalue weighted by Crippen LogP contribution is 2.29. The summed E-state index contributed by atoms with van der Waals surface area (Å²) in [5, 5.41) is 3.40. The molecule has 1 aromatic heterocycles. The van der Waals surface area contributed by atoms with Crippen LogP contribution in [0.2, 0.25) is 5.02 Å². The third kappa shape index (κ3) is 4.88. The molecule has 0 aliphatic carbocycles. The molecule has 2 saturated heterocycles. The average molecular weight is 441 g/mol. The van der Waals surface area contributed by atoms with E-state index < -0.39 is 5.92 Å². The van der Waals surface area contributed by atoms with Crippen molar-refractivity contribution in [3.8, 4) is 0 Å². The second-order valence-corrected chi connectivity index (χ2v) is 8.66. The van der Waals surface area contributed by atoms with Crippen LogP contribution >= 0.6 is 11.6 Å². The highest BCUT2D eigenvalue weighted by atomic mass is 35.5. The van der Waals surface area contributed by atoms with Gasteiger partial charge in [0.25, 0.3) is 0 Å². The van der Waals surface area contributed by atoms with Crippen LogP contribution in [0, 0.1) is 18.8 Å². The van der Waals surface area contributed by atoms with E-state index >= 15 is 0 Å². The van der Waals surface area contributed by atoms with Gasteiger partial charge in [-0.3, -0.25) is 14.4 Å². The molecule has 1 N–H and O–H groups in total. The highest BCUT2D eigenvalue weighted by molar-refractivity contribution is 6.31. The minimum Gasteiger partial charge on any atom is -0.342 e. The van der Waals surface area contributed by atoms with E-state index in [1.807, 2.05) is 19.1 Å². The zero-order valence-electron chi connectivity index (χ0n) is 17.4. The van der Waals surface area contributed by atoms with Crippen molar-refractivity contribution in [3.05, 3.63) is 53.2 Å². The van der Waals surface area contributed by atoms with Crippen molar-refractivity contribution in [3.63, 3.8) is 0 Å². The molecule has 0 saturated carbocycles. The normalized spacial score (nSPS) is 21.3. The average Bonchev–Trinajstić information content (AvgIpc) is 3.16. The minimum atomic E-state index is -0.410. The van der Waals surface area contributed by atoms with Crippen molar-refractivity contribution < 1.29 is 14.4 Å². The monoisotopic (exact) mass is 440 g/mol. The van der Waals surface area contributed by atoms with E-state index in [2.05, 4.69) is 10.3 Å². The first-order valence-corrected chi connectivity index (χ1v) is 10.9. The third-order valence-electron chi connectivity index (χ3n) is 5.86. The molecule has 0 radical (unpaired) electrons. The lowest BCUT2D eigenvalue weighted by atomic mass is 9.95. The SMILES string of the molecule is Cc1ccc(NC(=O)C2CCCN(C(=O)C3CC(=O)N(c4cccc(Cl)c4)C3)C2)nc1. The van der Waals surface area contributed by atoms with Crippen LogP contribution < -0.4 is 10.2 Å². The summed E-state index contributed by atoms with van der Waals surface area (Å²) in [6.07, 6.45) is 3.35. The van der Waals surface area contributed by atoms with Crippen molar-refractivity contribution in [2.75, 3.05) is 29.9 Å². The zero-order valence-corrected chi connectivity index (χ0v) is 18.1. The smallest absolute Gasteiger partial charge is 0.230 e. The van der Waals surface area contributed by atoms with Gasteiger partial charge in [-0.05, 0) is 49.6 Å². The summed E-state index contributed by atoms with van der Waals surface area (Å²) in [7, 11) is 0. The van der Waals surface area contributed by atoms with Crippen molar-refractivity contribution in [2.45, 2.75) is 26.2 Å². The first-order valence-electron chi connectivity index (χ1n) is 10.5. The van der Waals surface area contributed by atoms with Gasteiger partial charge in [-0.2, -0.15) is 0 Å². The van der Waals surface area contributed by atoms with E-state index in [0.29, 0.717) is 36.2 Å². The van der Waals surface area contributed by atoms with Crippen molar-refractivity contribution in [2.24, 2.45) is 11.8 Å². The summed E-state index contributed by atoms with van der Waals surface area (Å²) in [6, 6.07) is 10.7. The van der Waals surface area contributed by atoms with Gasteiger partial charge in [-0.25, -0.2) is 4.98 Å². The Labute approximate surface area is 186 Å². The topological polar surface area (TPSA) is 82.6 Å². The number of amides is 3. The van der Waals surface area contributed by atoms with Crippen LogP contribution in [0.4, 0.5) is 11.5 Å². The van der Waals surface area contributed by atoms with Gasteiger partial charge < -0.3 is 15.1 Å². The van der Waals surface area contributed by atoms with E-state index in [1.54, 1.807) is 40.3 Å². The summed E-state index contributed by atoms with van der Waals surface area (Å²) < 4.78 is 0. The Morgan fingerprint density at radius 1 is 1.16 bits per heavy atom. The number of hydrogen-bond acceptors (Lipinski definition) is 4. The van der Waals surface area contributed by atoms with Gasteiger partial charge in [-0.1, -0.05) is 23.7 Å². The lowest BCUT2D eigenvalue weighted by Gasteiger charge is -2.33. The summed E-state index contributed by atoms with van der Waals surface area (Å²) in [5.74, 6) is -0.468. The van der Waals surface area contributed by atoms with Crippen LogP contribution in [0.5, 0.6) is 0 Å². The molecule has 8 heteroatoms. The molecule has 2 aliphatic rings. The Kier molecular flexibility index (Phi) is 6.23. The first-order chi connectivity index (χ1) is 14.9. The number of carbonyl (C=O) groups excluding carboxylic acids is 3. The molecule has 162 valence electrons. The Bertz CT molecular complexity index is 995. The van der Waals surface area contributed by atoms with Crippen molar-refractivity contribution >= 4 is 40.8 Å². The largest absolute Gasteiger partial charge is 0.342 e. The standard InChI is InChI=1S/C23H25ClN4O3/c1-15-7-8-20(25-12-15)26-22(30)16-4-3-9-27(13-16)23(31)17-10-21(29)28(14-17)19-6-2-5-18(24)11-19/h2,5-8,11-12,16-17H,3-4,9-10,13-14H2,1H3,(H,25,26,30). The maximum Gasteiger partial charge on any atom is 0.230 e. The number of rotatable bonds is 4. The summed E-state index contributed by atoms with van der Waals surface area (Å²) >= 11 is 6.05. The van der Waals surface area contributed by atoms with Gasteiger partial charge in [0.15, 0.2) is 0 Å². The van der Waals surface area contributed by atoms with Crippen LogP contribution in [0.1, 0.15) is 24.8 Å². The fraction of sp³-hybridized carbons (Fsp3) is 0.391. The number of nitrogens with zero attached hydrogens (tertiary/aromatic N) is 3. The number of nitrogens with one attached hydrogen (secondary N) is 1. The van der Waals surface area contributed by atoms with Crippen LogP contribution in [-0.4, -0.2) is 47.2 Å². The molecule has 3 amide bonds.